The Kier molecular flexibility index (Phi) is 5.65. The van der Waals surface area contributed by atoms with Crippen LogP contribution in [-0.4, -0.2) is 56.4 Å². The van der Waals surface area contributed by atoms with Gasteiger partial charge >= 0.3 is 0 Å². The van der Waals surface area contributed by atoms with Gasteiger partial charge < -0.3 is 26.4 Å². The monoisotopic (exact) mass is 439 g/mol. The Labute approximate surface area is 182 Å². The minimum atomic E-state index is -3.37. The highest BCUT2D eigenvalue weighted by Gasteiger charge is 2.39. The van der Waals surface area contributed by atoms with Crippen LogP contribution in [0.4, 0.5) is 14.6 Å². The number of aliphatic hydroxyl groups is 3. The van der Waals surface area contributed by atoms with Crippen LogP contribution in [0, 0.1) is 6.85 Å². The molecular weight excluding hydrogens is 410 g/mol. The summed E-state index contributed by atoms with van der Waals surface area (Å²) in [6.45, 7) is -4.02. The van der Waals surface area contributed by atoms with Crippen LogP contribution in [0.5, 0.6) is 0 Å². The number of alkyl halides is 2. The molecule has 1 fully saturated rings. The van der Waals surface area contributed by atoms with E-state index in [-0.39, 0.29) is 28.3 Å². The summed E-state index contributed by atoms with van der Waals surface area (Å²) in [6, 6.07) is 2.46. The number of carbonyl (C=O) groups is 1. The van der Waals surface area contributed by atoms with E-state index in [1.165, 1.54) is 0 Å². The fraction of sp³-hybridized carbons (Fsp3) is 0.476. The molecule has 0 saturated heterocycles. The van der Waals surface area contributed by atoms with Gasteiger partial charge in [-0.15, -0.1) is 0 Å². The number of rotatable bonds is 6. The average Bonchev–Trinajstić information content (AvgIpc) is 2.79. The molecule has 3 atom stereocenters. The summed E-state index contributed by atoms with van der Waals surface area (Å²) < 4.78 is 50.3. The van der Waals surface area contributed by atoms with Gasteiger partial charge in [0, 0.05) is 9.68 Å². The number of carbonyl (C=O) groups excluding carboxylic acids is 1. The number of nitrogen functional groups attached to an aromatic ring is 1. The van der Waals surface area contributed by atoms with Crippen molar-refractivity contribution in [1.82, 2.24) is 15.3 Å². The zero-order valence-electron chi connectivity index (χ0n) is 19.6. The van der Waals surface area contributed by atoms with Crippen molar-refractivity contribution in [2.24, 2.45) is 0 Å². The number of aliphatic hydroxyl groups excluding tert-OH is 2. The Balaban J connectivity index is 2.08. The molecule has 31 heavy (non-hydrogen) atoms. The van der Waals surface area contributed by atoms with E-state index in [9.17, 15) is 28.9 Å². The minimum Gasteiger partial charge on any atom is -0.393 e. The topological polar surface area (TPSA) is 142 Å². The zero-order chi connectivity index (χ0) is 25.3. The van der Waals surface area contributed by atoms with Gasteiger partial charge in [0.25, 0.3) is 12.3 Å². The predicted molar refractivity (Wildman–Crippen MR) is 109 cm³/mol. The number of hydrogen-bond acceptors (Lipinski definition) is 7. The highest BCUT2D eigenvalue weighted by atomic mass is 19.3. The highest BCUT2D eigenvalue weighted by molar-refractivity contribution is 5.97. The van der Waals surface area contributed by atoms with Gasteiger partial charge in [-0.25, -0.2) is 18.7 Å². The van der Waals surface area contributed by atoms with Crippen LogP contribution >= 0.6 is 0 Å². The molecule has 1 heterocycles. The summed E-state index contributed by atoms with van der Waals surface area (Å²) in [5.41, 5.74) is 1.45. The summed E-state index contributed by atoms with van der Waals surface area (Å²) in [5, 5.41) is 32.4. The molecule has 1 saturated carbocycles. The summed E-state index contributed by atoms with van der Waals surface area (Å²) in [4.78, 5) is 20.9. The van der Waals surface area contributed by atoms with Crippen LogP contribution < -0.4 is 11.1 Å². The lowest BCUT2D eigenvalue weighted by Gasteiger charge is -2.28. The second-order valence-corrected chi connectivity index (χ2v) is 7.56. The van der Waals surface area contributed by atoms with E-state index < -0.39 is 49.1 Å². The number of halogens is 2. The number of benzene rings is 1. The van der Waals surface area contributed by atoms with Gasteiger partial charge in [0.05, 0.1) is 30.6 Å². The molecule has 1 aliphatic carbocycles. The fourth-order valence-electron chi connectivity index (χ4n) is 3.52. The van der Waals surface area contributed by atoms with Gasteiger partial charge in [0.15, 0.2) is 17.1 Å². The summed E-state index contributed by atoms with van der Waals surface area (Å²) in [6.07, 6.45) is -0.300. The standard InChI is InChI=1S/C21H26F2N4O4/c1-11-6-7-12(21(31,10-28)20(22)23)8-13(11)15-9-25-18(24)17(26-15)19(30)27-14-4-2-3-5-16(14)29/h6-9,14,16,20,28-29,31H,2-5,10H2,1H3,(H2,24,25)(H,27,30)/t14-,16-,21+/m0/s1/i1D3. The van der Waals surface area contributed by atoms with Crippen molar-refractivity contribution in [3.63, 3.8) is 0 Å². The van der Waals surface area contributed by atoms with Crippen molar-refractivity contribution in [3.8, 4) is 11.3 Å². The molecule has 1 amide bonds. The Morgan fingerprint density at radius 3 is 2.81 bits per heavy atom. The fourth-order valence-corrected chi connectivity index (χ4v) is 3.52. The first-order valence-corrected chi connectivity index (χ1v) is 9.76. The Bertz CT molecular complexity index is 1060. The molecule has 8 nitrogen and oxygen atoms in total. The number of nitrogens with zero attached hydrogens (tertiary/aromatic N) is 2. The lowest BCUT2D eigenvalue weighted by Crippen LogP contribution is -2.45. The molecule has 10 heteroatoms. The SMILES string of the molecule is [2H]C([2H])([2H])c1ccc([C@](O)(CO)C(F)F)cc1-c1cnc(N)c(C(=O)N[C@H]2CCCC[C@@H]2O)n1. The van der Waals surface area contributed by atoms with Crippen LogP contribution in [0.25, 0.3) is 11.3 Å². The van der Waals surface area contributed by atoms with Gasteiger partial charge in [-0.1, -0.05) is 25.0 Å². The van der Waals surface area contributed by atoms with Crippen LogP contribution in [0.2, 0.25) is 0 Å². The van der Waals surface area contributed by atoms with Gasteiger partial charge in [0.2, 0.25) is 0 Å². The number of anilines is 1. The average molecular weight is 439 g/mol. The number of hydrogen-bond donors (Lipinski definition) is 5. The highest BCUT2D eigenvalue weighted by Crippen LogP contribution is 2.32. The van der Waals surface area contributed by atoms with E-state index >= 15 is 0 Å². The lowest BCUT2D eigenvalue weighted by atomic mass is 9.91. The molecule has 1 aromatic heterocycles. The maximum atomic E-state index is 13.5. The van der Waals surface area contributed by atoms with Crippen molar-refractivity contribution < 1.29 is 33.0 Å². The molecule has 6 N–H and O–H groups in total. The third-order valence-electron chi connectivity index (χ3n) is 5.46. The molecule has 0 bridgehead atoms. The van der Waals surface area contributed by atoms with Gasteiger partial charge in [-0.2, -0.15) is 0 Å². The van der Waals surface area contributed by atoms with Crippen LogP contribution in [0.1, 0.15) is 51.4 Å². The zero-order valence-corrected chi connectivity index (χ0v) is 16.6. The Morgan fingerprint density at radius 1 is 1.42 bits per heavy atom. The number of amides is 1. The van der Waals surface area contributed by atoms with E-state index in [4.69, 9.17) is 9.85 Å². The smallest absolute Gasteiger partial charge is 0.274 e. The second-order valence-electron chi connectivity index (χ2n) is 7.56. The molecule has 0 spiro atoms. The predicted octanol–water partition coefficient (Wildman–Crippen LogP) is 1.51. The first kappa shape index (κ1) is 19.0. The number of nitrogens with two attached hydrogens (primary N) is 1. The molecular formula is C21H26F2N4O4. The van der Waals surface area contributed by atoms with E-state index in [0.29, 0.717) is 12.8 Å². The normalized spacial score (nSPS) is 22.8. The first-order valence-electron chi connectivity index (χ1n) is 11.3. The van der Waals surface area contributed by atoms with Crippen molar-refractivity contribution >= 4 is 11.7 Å². The number of aryl methyl sites for hydroxylation is 1. The van der Waals surface area contributed by atoms with Crippen LogP contribution in [0.3, 0.4) is 0 Å². The molecule has 3 rings (SSSR count). The first-order chi connectivity index (χ1) is 15.9. The van der Waals surface area contributed by atoms with Gasteiger partial charge in [-0.05, 0) is 36.9 Å². The summed E-state index contributed by atoms with van der Waals surface area (Å²) in [7, 11) is 0. The number of nitrogens with one attached hydrogen (secondary N) is 1. The van der Waals surface area contributed by atoms with Crippen molar-refractivity contribution in [2.45, 2.75) is 56.7 Å². The maximum Gasteiger partial charge on any atom is 0.274 e. The quantitative estimate of drug-likeness (QED) is 0.459. The van der Waals surface area contributed by atoms with Crippen molar-refractivity contribution in [1.29, 1.82) is 0 Å². The maximum absolute atomic E-state index is 13.5. The van der Waals surface area contributed by atoms with E-state index in [2.05, 4.69) is 15.3 Å². The van der Waals surface area contributed by atoms with E-state index in [1.807, 2.05) is 0 Å². The molecule has 2 aromatic rings. The molecule has 0 radical (unpaired) electrons. The van der Waals surface area contributed by atoms with Gasteiger partial charge in [0.1, 0.15) is 0 Å². The second kappa shape index (κ2) is 9.21. The van der Waals surface area contributed by atoms with E-state index in [1.54, 1.807) is 0 Å². The minimum absolute atomic E-state index is 0.161. The van der Waals surface area contributed by atoms with Gasteiger partial charge in [-0.3, -0.25) is 4.79 Å². The third kappa shape index (κ3) is 4.65. The largest absolute Gasteiger partial charge is 0.393 e. The molecule has 0 unspecified atom stereocenters. The number of aromatic nitrogens is 2. The lowest BCUT2D eigenvalue weighted by molar-refractivity contribution is -0.129. The molecule has 168 valence electrons. The van der Waals surface area contributed by atoms with Crippen molar-refractivity contribution in [2.75, 3.05) is 12.3 Å². The van der Waals surface area contributed by atoms with Crippen LogP contribution in [-0.2, 0) is 5.60 Å². The van der Waals surface area contributed by atoms with Crippen LogP contribution in [0.15, 0.2) is 24.4 Å². The van der Waals surface area contributed by atoms with E-state index in [0.717, 1.165) is 37.2 Å². The summed E-state index contributed by atoms with van der Waals surface area (Å²) in [5.74, 6) is -0.985. The third-order valence-corrected chi connectivity index (χ3v) is 5.46. The molecule has 1 aliphatic rings. The summed E-state index contributed by atoms with van der Waals surface area (Å²) >= 11 is 0. The Hall–Kier alpha value is -2.69. The molecule has 0 aliphatic heterocycles. The molecule has 1 aromatic carbocycles. The van der Waals surface area contributed by atoms with Crippen molar-refractivity contribution in [3.05, 3.63) is 41.2 Å². The Morgan fingerprint density at radius 2 is 2.16 bits per heavy atom.